The highest BCUT2D eigenvalue weighted by atomic mass is 16.5. The van der Waals surface area contributed by atoms with E-state index in [1.807, 2.05) is 12.1 Å². The Bertz CT molecular complexity index is 2220. The number of hydrogen-bond acceptors (Lipinski definition) is 4. The Morgan fingerprint density at radius 2 is 1.29 bits per heavy atom. The van der Waals surface area contributed by atoms with Crippen molar-refractivity contribution in [3.63, 3.8) is 0 Å². The van der Waals surface area contributed by atoms with Gasteiger partial charge in [-0.3, -0.25) is 0 Å². The molecule has 4 aromatic carbocycles. The molecule has 0 saturated heterocycles. The first kappa shape index (κ1) is 29.3. The molecule has 0 saturated carbocycles. The third-order valence-corrected chi connectivity index (χ3v) is 9.89. The van der Waals surface area contributed by atoms with Crippen LogP contribution in [0.25, 0.3) is 39.5 Å². The van der Waals surface area contributed by atoms with Gasteiger partial charge in [0, 0.05) is 28.2 Å². The van der Waals surface area contributed by atoms with Crippen molar-refractivity contribution in [2.24, 2.45) is 0 Å². The summed E-state index contributed by atoms with van der Waals surface area (Å²) < 4.78 is 6.58. The number of benzene rings is 4. The maximum Gasteiger partial charge on any atom is 0.164 e. The molecule has 3 aliphatic carbocycles. The highest BCUT2D eigenvalue weighted by Crippen LogP contribution is 2.49. The molecule has 3 unspecified atom stereocenters. The molecule has 9 rings (SSSR count). The second-order valence-corrected chi connectivity index (χ2v) is 13.0. The molecule has 49 heavy (non-hydrogen) atoms. The number of rotatable bonds is 6. The predicted molar refractivity (Wildman–Crippen MR) is 199 cm³/mol. The summed E-state index contributed by atoms with van der Waals surface area (Å²) >= 11 is 0. The van der Waals surface area contributed by atoms with Crippen molar-refractivity contribution in [1.29, 1.82) is 0 Å². The highest BCUT2D eigenvalue weighted by Gasteiger charge is 2.40. The molecule has 2 heterocycles. The maximum atomic E-state index is 6.58. The molecule has 0 N–H and O–H groups in total. The zero-order valence-electron chi connectivity index (χ0n) is 27.1. The molecule has 0 amide bonds. The van der Waals surface area contributed by atoms with Crippen LogP contribution < -0.4 is 4.74 Å². The molecule has 0 bridgehead atoms. The number of fused-ring (bicyclic) bond motifs is 3. The van der Waals surface area contributed by atoms with E-state index in [0.717, 1.165) is 58.4 Å². The number of ether oxygens (including phenoxy) is 1. The van der Waals surface area contributed by atoms with Gasteiger partial charge < -0.3 is 4.74 Å². The average molecular weight is 634 g/mol. The molecular weight excluding hydrogens is 599 g/mol. The van der Waals surface area contributed by atoms with Gasteiger partial charge in [0.05, 0.1) is 5.92 Å². The Balaban J connectivity index is 1.18. The Labute approximate surface area is 287 Å². The van der Waals surface area contributed by atoms with Crippen molar-refractivity contribution in [1.82, 2.24) is 15.0 Å². The summed E-state index contributed by atoms with van der Waals surface area (Å²) in [4.78, 5) is 15.6. The minimum absolute atomic E-state index is 0.0346. The van der Waals surface area contributed by atoms with Crippen LogP contribution in [0.3, 0.4) is 0 Å². The standard InChI is InChI=1S/C45H35N3O/c1-4-12-30(13-5-1)33-20-24-35(25-21-33)43-46-44(36-26-22-34(23-27-36)31-14-6-2-7-15-31)48-45(47-43)39-28-37(32-16-8-3-9-17-32)29-41-42(39)38-18-10-11-19-40(38)49-41/h1,3-6,8-12,14-30,41-42H,2,7,13H2. The Morgan fingerprint density at radius 3 is 2.02 bits per heavy atom. The Kier molecular flexibility index (Phi) is 7.55. The summed E-state index contributed by atoms with van der Waals surface area (Å²) in [5, 5.41) is 0. The number of aromatic nitrogens is 3. The van der Waals surface area contributed by atoms with Crippen LogP contribution in [-0.2, 0) is 0 Å². The molecule has 236 valence electrons. The lowest BCUT2D eigenvalue weighted by atomic mass is 9.81. The number of hydrogen-bond donors (Lipinski definition) is 0. The molecule has 1 aliphatic heterocycles. The van der Waals surface area contributed by atoms with Crippen molar-refractivity contribution in [3.8, 4) is 28.5 Å². The molecule has 0 fully saturated rings. The predicted octanol–water partition coefficient (Wildman–Crippen LogP) is 10.6. The van der Waals surface area contributed by atoms with Crippen molar-refractivity contribution < 1.29 is 4.74 Å². The van der Waals surface area contributed by atoms with Crippen molar-refractivity contribution in [2.45, 2.75) is 37.2 Å². The summed E-state index contributed by atoms with van der Waals surface area (Å²) in [6.07, 6.45) is 23.0. The molecule has 0 spiro atoms. The van der Waals surface area contributed by atoms with Gasteiger partial charge in [0.2, 0.25) is 0 Å². The Hall–Kier alpha value is -5.87. The van der Waals surface area contributed by atoms with Crippen LogP contribution >= 0.6 is 0 Å². The summed E-state index contributed by atoms with van der Waals surface area (Å²) in [7, 11) is 0. The largest absolute Gasteiger partial charge is 0.485 e. The first-order valence-electron chi connectivity index (χ1n) is 17.2. The SMILES string of the molecule is C1=CCC(c2ccc(-c3nc(C4=CC(c5ccccc5)=CC5Oc6ccccc6C45)nc(-c4ccc(C5=CCCC=C5)cc4)n3)cc2)C=C1. The fourth-order valence-electron chi connectivity index (χ4n) is 7.32. The van der Waals surface area contributed by atoms with Crippen molar-refractivity contribution >= 4 is 16.7 Å². The van der Waals surface area contributed by atoms with Gasteiger partial charge in [-0.15, -0.1) is 0 Å². The van der Waals surface area contributed by atoms with Gasteiger partial charge in [0.15, 0.2) is 17.5 Å². The lowest BCUT2D eigenvalue weighted by molar-refractivity contribution is 0.272. The quantitative estimate of drug-likeness (QED) is 0.187. The van der Waals surface area contributed by atoms with Crippen LogP contribution in [0.15, 0.2) is 158 Å². The van der Waals surface area contributed by atoms with Gasteiger partial charge in [-0.1, -0.05) is 140 Å². The Morgan fingerprint density at radius 1 is 0.592 bits per heavy atom. The molecule has 5 aromatic rings. The third kappa shape index (κ3) is 5.70. The van der Waals surface area contributed by atoms with Gasteiger partial charge >= 0.3 is 0 Å². The first-order valence-corrected chi connectivity index (χ1v) is 17.2. The summed E-state index contributed by atoms with van der Waals surface area (Å²) in [5.74, 6) is 3.24. The molecule has 4 aliphatic rings. The van der Waals surface area contributed by atoms with Crippen LogP contribution in [0.4, 0.5) is 0 Å². The molecule has 3 atom stereocenters. The van der Waals surface area contributed by atoms with Gasteiger partial charge in [0.25, 0.3) is 0 Å². The van der Waals surface area contributed by atoms with Gasteiger partial charge in [-0.2, -0.15) is 0 Å². The fourth-order valence-corrected chi connectivity index (χ4v) is 7.32. The first-order chi connectivity index (χ1) is 24.3. The van der Waals surface area contributed by atoms with Gasteiger partial charge in [-0.05, 0) is 65.3 Å². The summed E-state index contributed by atoms with van der Waals surface area (Å²) in [6, 6.07) is 36.2. The minimum Gasteiger partial charge on any atom is -0.485 e. The maximum absolute atomic E-state index is 6.58. The van der Waals surface area contributed by atoms with E-state index in [9.17, 15) is 0 Å². The second kappa shape index (κ2) is 12.6. The normalized spacial score (nSPS) is 20.5. The lowest BCUT2D eigenvalue weighted by Crippen LogP contribution is -2.22. The molecule has 1 aromatic heterocycles. The van der Waals surface area contributed by atoms with Gasteiger partial charge in [-0.25, -0.2) is 15.0 Å². The fraction of sp³-hybridized carbons (Fsp3) is 0.133. The van der Waals surface area contributed by atoms with Crippen molar-refractivity contribution in [2.75, 3.05) is 0 Å². The van der Waals surface area contributed by atoms with Crippen LogP contribution in [-0.4, -0.2) is 21.1 Å². The number of allylic oxidation sites excluding steroid dienone is 10. The van der Waals surface area contributed by atoms with Crippen molar-refractivity contribution in [3.05, 3.63) is 186 Å². The second-order valence-electron chi connectivity index (χ2n) is 13.0. The number of para-hydroxylation sites is 1. The molecule has 4 nitrogen and oxygen atoms in total. The molecular formula is C45H35N3O. The average Bonchev–Trinajstić information content (AvgIpc) is 3.57. The van der Waals surface area contributed by atoms with Crippen LogP contribution in [0.2, 0.25) is 0 Å². The van der Waals surface area contributed by atoms with E-state index in [-0.39, 0.29) is 12.0 Å². The van der Waals surface area contributed by atoms with E-state index >= 15 is 0 Å². The van der Waals surface area contributed by atoms with E-state index in [2.05, 4.69) is 146 Å². The van der Waals surface area contributed by atoms with Crippen LogP contribution in [0, 0.1) is 0 Å². The third-order valence-electron chi connectivity index (χ3n) is 9.89. The van der Waals surface area contributed by atoms with Gasteiger partial charge in [0.1, 0.15) is 11.9 Å². The van der Waals surface area contributed by atoms with E-state index in [1.54, 1.807) is 0 Å². The van der Waals surface area contributed by atoms with Crippen LogP contribution in [0.5, 0.6) is 5.75 Å². The van der Waals surface area contributed by atoms with E-state index in [4.69, 9.17) is 19.7 Å². The van der Waals surface area contributed by atoms with E-state index < -0.39 is 0 Å². The molecule has 0 radical (unpaired) electrons. The molecule has 4 heteroatoms. The minimum atomic E-state index is -0.163. The summed E-state index contributed by atoms with van der Waals surface area (Å²) in [6.45, 7) is 0. The number of nitrogens with zero attached hydrogens (tertiary/aromatic N) is 3. The summed E-state index contributed by atoms with van der Waals surface area (Å²) in [5.41, 5.74) is 10.1. The smallest absolute Gasteiger partial charge is 0.164 e. The monoisotopic (exact) mass is 633 g/mol. The van der Waals surface area contributed by atoms with E-state index in [0.29, 0.717) is 23.4 Å². The van der Waals surface area contributed by atoms with Crippen LogP contribution in [0.1, 0.15) is 59.2 Å². The topological polar surface area (TPSA) is 47.9 Å². The van der Waals surface area contributed by atoms with E-state index in [1.165, 1.54) is 16.7 Å². The zero-order valence-corrected chi connectivity index (χ0v) is 27.1. The highest BCUT2D eigenvalue weighted by molar-refractivity contribution is 5.89. The lowest BCUT2D eigenvalue weighted by Gasteiger charge is -2.25. The zero-order chi connectivity index (χ0) is 32.6.